The number of benzene rings is 2. The third-order valence-electron chi connectivity index (χ3n) is 3.68. The van der Waals surface area contributed by atoms with Crippen LogP contribution >= 0.6 is 27.3 Å². The van der Waals surface area contributed by atoms with Crippen molar-refractivity contribution in [3.8, 4) is 5.75 Å². The van der Waals surface area contributed by atoms with E-state index >= 15 is 0 Å². The molecular weight excluding hydrogens is 444 g/mol. The lowest BCUT2D eigenvalue weighted by Gasteiger charge is -2.11. The monoisotopic (exact) mass is 460 g/mol. The van der Waals surface area contributed by atoms with Gasteiger partial charge < -0.3 is 9.47 Å². The topological polar surface area (TPSA) is 77.5 Å². The quantitative estimate of drug-likeness (QED) is 0.506. The number of nitrogens with zero attached hydrogens (tertiary/aromatic N) is 1. The summed E-state index contributed by atoms with van der Waals surface area (Å²) < 4.78 is 11.7. The van der Waals surface area contributed by atoms with Gasteiger partial charge in [0.15, 0.2) is 10.8 Å². The van der Waals surface area contributed by atoms with Crippen LogP contribution in [0.4, 0.5) is 5.13 Å². The lowest BCUT2D eigenvalue weighted by atomic mass is 10.2. The number of hydrogen-bond acceptors (Lipinski definition) is 6. The van der Waals surface area contributed by atoms with Crippen molar-refractivity contribution in [2.24, 2.45) is 0 Å². The average molecular weight is 461 g/mol. The smallest absolute Gasteiger partial charge is 0.357 e. The van der Waals surface area contributed by atoms with Crippen LogP contribution in [0.1, 0.15) is 33.3 Å². The molecule has 3 aromatic rings. The highest BCUT2D eigenvalue weighted by Crippen LogP contribution is 2.24. The Morgan fingerprint density at radius 1 is 1.14 bits per heavy atom. The Bertz CT molecular complexity index is 990. The molecule has 0 aliphatic carbocycles. The molecule has 3 rings (SSSR count). The molecule has 28 heavy (non-hydrogen) atoms. The third-order valence-corrected chi connectivity index (χ3v) is 5.21. The zero-order valence-electron chi connectivity index (χ0n) is 15.0. The van der Waals surface area contributed by atoms with Gasteiger partial charge in [0.05, 0.1) is 12.2 Å². The molecule has 0 fully saturated rings. The molecule has 0 aliphatic heterocycles. The Labute approximate surface area is 174 Å². The molecule has 1 aromatic heterocycles. The van der Waals surface area contributed by atoms with Gasteiger partial charge in [-0.2, -0.15) is 0 Å². The van der Waals surface area contributed by atoms with E-state index in [0.717, 1.165) is 21.4 Å². The highest BCUT2D eigenvalue weighted by atomic mass is 79.9. The van der Waals surface area contributed by atoms with Crippen LogP contribution in [0.3, 0.4) is 0 Å². The van der Waals surface area contributed by atoms with Crippen molar-refractivity contribution in [1.82, 2.24) is 4.98 Å². The minimum Gasteiger partial charge on any atom is -0.488 e. The molecule has 0 bridgehead atoms. The highest BCUT2D eigenvalue weighted by molar-refractivity contribution is 9.10. The maximum Gasteiger partial charge on any atom is 0.357 e. The standard InChI is InChI=1S/C20H17BrN2O4S/c1-2-26-19(25)16-12-28-20(22-16)23-18(24)14-8-4-6-10-17(14)27-11-13-7-3-5-9-15(13)21/h3-10,12H,2,11H2,1H3,(H,22,23,24). The maximum absolute atomic E-state index is 12.7. The number of aromatic nitrogens is 1. The summed E-state index contributed by atoms with van der Waals surface area (Å²) in [5.74, 6) is -0.429. The van der Waals surface area contributed by atoms with Crippen LogP contribution in [-0.4, -0.2) is 23.5 Å². The first-order valence-corrected chi connectivity index (χ1v) is 10.1. The van der Waals surface area contributed by atoms with Gasteiger partial charge in [-0.3, -0.25) is 10.1 Å². The lowest BCUT2D eigenvalue weighted by molar-refractivity contribution is 0.0520. The fraction of sp³-hybridized carbons (Fsp3) is 0.150. The second kappa shape index (κ2) is 9.48. The number of esters is 1. The van der Waals surface area contributed by atoms with Crippen molar-refractivity contribution in [3.05, 3.63) is 75.2 Å². The Morgan fingerprint density at radius 3 is 2.68 bits per heavy atom. The molecule has 1 heterocycles. The van der Waals surface area contributed by atoms with Crippen LogP contribution in [0.5, 0.6) is 5.75 Å². The molecule has 0 spiro atoms. The van der Waals surface area contributed by atoms with E-state index in [1.54, 1.807) is 36.6 Å². The van der Waals surface area contributed by atoms with Gasteiger partial charge >= 0.3 is 5.97 Å². The number of carbonyl (C=O) groups excluding carboxylic acids is 2. The van der Waals surface area contributed by atoms with E-state index in [4.69, 9.17) is 9.47 Å². The van der Waals surface area contributed by atoms with E-state index in [2.05, 4.69) is 26.2 Å². The van der Waals surface area contributed by atoms with Gasteiger partial charge in [-0.05, 0) is 25.1 Å². The number of rotatable bonds is 7. The molecule has 1 N–H and O–H groups in total. The van der Waals surface area contributed by atoms with Crippen molar-refractivity contribution in [3.63, 3.8) is 0 Å². The van der Waals surface area contributed by atoms with Crippen LogP contribution in [0.15, 0.2) is 58.4 Å². The molecule has 0 radical (unpaired) electrons. The van der Waals surface area contributed by atoms with Crippen molar-refractivity contribution < 1.29 is 19.1 Å². The predicted octanol–water partition coefficient (Wildman–Crippen LogP) is 4.91. The van der Waals surface area contributed by atoms with Gasteiger partial charge in [0.25, 0.3) is 5.91 Å². The number of hydrogen-bond donors (Lipinski definition) is 1. The van der Waals surface area contributed by atoms with Crippen molar-refractivity contribution in [1.29, 1.82) is 0 Å². The van der Waals surface area contributed by atoms with Gasteiger partial charge in [0.1, 0.15) is 12.4 Å². The van der Waals surface area contributed by atoms with Crippen LogP contribution in [0, 0.1) is 0 Å². The Kier molecular flexibility index (Phi) is 6.78. The number of thiazole rings is 1. The summed E-state index contributed by atoms with van der Waals surface area (Å²) in [7, 11) is 0. The zero-order valence-corrected chi connectivity index (χ0v) is 17.4. The van der Waals surface area contributed by atoms with Crippen LogP contribution in [0.2, 0.25) is 0 Å². The summed E-state index contributed by atoms with van der Waals surface area (Å²) in [5, 5.41) is 4.56. The predicted molar refractivity (Wildman–Crippen MR) is 111 cm³/mol. The minimum absolute atomic E-state index is 0.167. The van der Waals surface area contributed by atoms with Crippen molar-refractivity contribution in [2.75, 3.05) is 11.9 Å². The SMILES string of the molecule is CCOC(=O)c1csc(NC(=O)c2ccccc2OCc2ccccc2Br)n1. The number of amides is 1. The van der Waals surface area contributed by atoms with E-state index in [0.29, 0.717) is 23.1 Å². The van der Waals surface area contributed by atoms with E-state index in [-0.39, 0.29) is 18.2 Å². The normalized spacial score (nSPS) is 10.4. The second-order valence-electron chi connectivity index (χ2n) is 5.59. The van der Waals surface area contributed by atoms with E-state index < -0.39 is 5.97 Å². The summed E-state index contributed by atoms with van der Waals surface area (Å²) in [5.41, 5.74) is 1.51. The lowest BCUT2D eigenvalue weighted by Crippen LogP contribution is -2.14. The second-order valence-corrected chi connectivity index (χ2v) is 7.30. The number of carbonyl (C=O) groups is 2. The van der Waals surface area contributed by atoms with Crippen molar-refractivity contribution in [2.45, 2.75) is 13.5 Å². The molecule has 144 valence electrons. The highest BCUT2D eigenvalue weighted by Gasteiger charge is 2.17. The fourth-order valence-electron chi connectivity index (χ4n) is 2.35. The van der Waals surface area contributed by atoms with Gasteiger partial charge in [0, 0.05) is 15.4 Å². The van der Waals surface area contributed by atoms with Crippen LogP contribution in [-0.2, 0) is 11.3 Å². The molecule has 0 unspecified atom stereocenters. The molecule has 0 aliphatic rings. The number of nitrogens with one attached hydrogen (secondary N) is 1. The molecule has 0 saturated heterocycles. The Hall–Kier alpha value is -2.71. The molecule has 6 nitrogen and oxygen atoms in total. The summed E-state index contributed by atoms with van der Waals surface area (Å²) in [6.07, 6.45) is 0. The molecule has 8 heteroatoms. The number of anilines is 1. The largest absolute Gasteiger partial charge is 0.488 e. The number of para-hydroxylation sites is 1. The first-order valence-electron chi connectivity index (χ1n) is 8.47. The van der Waals surface area contributed by atoms with E-state index in [1.165, 1.54) is 0 Å². The average Bonchev–Trinajstić information content (AvgIpc) is 3.16. The first-order chi connectivity index (χ1) is 13.6. The van der Waals surface area contributed by atoms with Gasteiger partial charge in [-0.15, -0.1) is 11.3 Å². The van der Waals surface area contributed by atoms with Gasteiger partial charge in [-0.1, -0.05) is 46.3 Å². The molecule has 0 atom stereocenters. The van der Waals surface area contributed by atoms with E-state index in [9.17, 15) is 9.59 Å². The number of halogens is 1. The van der Waals surface area contributed by atoms with Crippen LogP contribution in [0.25, 0.3) is 0 Å². The van der Waals surface area contributed by atoms with E-state index in [1.807, 2.05) is 24.3 Å². The number of ether oxygens (including phenoxy) is 2. The molecular formula is C20H17BrN2O4S. The van der Waals surface area contributed by atoms with Gasteiger partial charge in [0.2, 0.25) is 0 Å². The molecule has 2 aromatic carbocycles. The van der Waals surface area contributed by atoms with Crippen LogP contribution < -0.4 is 10.1 Å². The third kappa shape index (κ3) is 4.96. The first kappa shape index (κ1) is 20.0. The van der Waals surface area contributed by atoms with Gasteiger partial charge in [-0.25, -0.2) is 9.78 Å². The Morgan fingerprint density at radius 2 is 1.89 bits per heavy atom. The molecule has 0 saturated carbocycles. The van der Waals surface area contributed by atoms with Crippen molar-refractivity contribution >= 4 is 44.3 Å². The minimum atomic E-state index is -0.517. The maximum atomic E-state index is 12.7. The zero-order chi connectivity index (χ0) is 19.9. The fourth-order valence-corrected chi connectivity index (χ4v) is 3.42. The Balaban J connectivity index is 1.71. The summed E-state index contributed by atoms with van der Waals surface area (Å²) in [6, 6.07) is 14.7. The summed E-state index contributed by atoms with van der Waals surface area (Å²) in [6.45, 7) is 2.30. The molecule has 1 amide bonds. The summed E-state index contributed by atoms with van der Waals surface area (Å²) in [4.78, 5) is 28.5. The summed E-state index contributed by atoms with van der Waals surface area (Å²) >= 11 is 4.64.